The van der Waals surface area contributed by atoms with Gasteiger partial charge in [0.25, 0.3) is 0 Å². The number of carbonyl (C=O) groups excluding carboxylic acids is 6. The van der Waals surface area contributed by atoms with Gasteiger partial charge in [-0.25, -0.2) is 4.79 Å². The van der Waals surface area contributed by atoms with E-state index in [4.69, 9.17) is 16.6 Å². The molecule has 256 valence electrons. The molecule has 0 radical (unpaired) electrons. The van der Waals surface area contributed by atoms with E-state index in [2.05, 4.69) is 21.3 Å². The number of primary amides is 1. The predicted molar refractivity (Wildman–Crippen MR) is 158 cm³/mol. The molecule has 0 rings (SSSR count). The van der Waals surface area contributed by atoms with E-state index in [1.165, 1.54) is 6.92 Å². The van der Waals surface area contributed by atoms with Crippen LogP contribution >= 0.6 is 0 Å². The van der Waals surface area contributed by atoms with Crippen molar-refractivity contribution in [3.8, 4) is 0 Å². The highest BCUT2D eigenvalue weighted by Crippen LogP contribution is 2.08. The minimum absolute atomic E-state index is 0.0868. The lowest BCUT2D eigenvalue weighted by atomic mass is 10.00. The van der Waals surface area contributed by atoms with Gasteiger partial charge in [-0.3, -0.25) is 33.6 Å². The van der Waals surface area contributed by atoms with Crippen LogP contribution in [0, 0.1) is 11.8 Å². The average molecular weight is 646 g/mol. The Morgan fingerprint density at radius 1 is 0.667 bits per heavy atom. The van der Waals surface area contributed by atoms with Crippen LogP contribution in [0.15, 0.2) is 0 Å². The smallest absolute Gasteiger partial charge is 0.328 e. The second-order valence-corrected chi connectivity index (χ2v) is 11.5. The van der Waals surface area contributed by atoms with Crippen molar-refractivity contribution < 1.29 is 53.7 Å². The summed E-state index contributed by atoms with van der Waals surface area (Å²) in [7, 11) is 0. The Labute approximate surface area is 260 Å². The highest BCUT2D eigenvalue weighted by Gasteiger charge is 2.34. The number of nitrogens with two attached hydrogens (primary N) is 2. The molecule has 0 spiro atoms. The van der Waals surface area contributed by atoms with E-state index in [0.717, 1.165) is 6.92 Å². The van der Waals surface area contributed by atoms with Crippen molar-refractivity contribution in [2.45, 2.75) is 110 Å². The summed E-state index contributed by atoms with van der Waals surface area (Å²) in [5.74, 6) is -8.98. The maximum Gasteiger partial charge on any atom is 0.328 e. The Balaban J connectivity index is 5.89. The molecule has 0 aliphatic heterocycles. The maximum atomic E-state index is 13.2. The van der Waals surface area contributed by atoms with Crippen LogP contribution in [0.3, 0.4) is 0 Å². The first kappa shape index (κ1) is 40.7. The van der Waals surface area contributed by atoms with Crippen LogP contribution < -0.4 is 38.1 Å². The minimum Gasteiger partial charge on any atom is -0.481 e. The molecule has 18 heteroatoms. The van der Waals surface area contributed by atoms with E-state index in [0.29, 0.717) is 6.42 Å². The number of hydrogen-bond acceptors (Lipinski definition) is 10. The third-order valence-electron chi connectivity index (χ3n) is 6.43. The molecule has 6 amide bonds. The molecule has 0 aromatic rings. The highest BCUT2D eigenvalue weighted by atomic mass is 16.4. The van der Waals surface area contributed by atoms with Gasteiger partial charge in [0.1, 0.15) is 24.2 Å². The van der Waals surface area contributed by atoms with Gasteiger partial charge in [0.15, 0.2) is 6.04 Å². The lowest BCUT2D eigenvalue weighted by Crippen LogP contribution is -2.60. The van der Waals surface area contributed by atoms with Gasteiger partial charge in [-0.1, -0.05) is 27.7 Å². The Morgan fingerprint density at radius 3 is 1.62 bits per heavy atom. The van der Waals surface area contributed by atoms with Crippen LogP contribution in [0.2, 0.25) is 0 Å². The van der Waals surface area contributed by atoms with E-state index in [9.17, 15) is 48.6 Å². The van der Waals surface area contributed by atoms with Gasteiger partial charge < -0.3 is 53.4 Å². The number of carbonyl (C=O) groups is 8. The van der Waals surface area contributed by atoms with E-state index >= 15 is 0 Å². The number of carboxylic acid groups (broad SMARTS) is 2. The Hall–Kier alpha value is -4.32. The zero-order chi connectivity index (χ0) is 35.2. The lowest BCUT2D eigenvalue weighted by molar-refractivity contribution is -0.145. The lowest BCUT2D eigenvalue weighted by Gasteiger charge is -2.27. The molecule has 0 bridgehead atoms. The first-order valence-corrected chi connectivity index (χ1v) is 14.4. The first-order valence-electron chi connectivity index (χ1n) is 14.4. The van der Waals surface area contributed by atoms with Gasteiger partial charge in [0.05, 0.1) is 18.6 Å². The van der Waals surface area contributed by atoms with E-state index < -0.39 is 115 Å². The fraction of sp³-hybridized carbons (Fsp3) is 0.704. The van der Waals surface area contributed by atoms with E-state index in [-0.39, 0.29) is 5.92 Å². The fourth-order valence-corrected chi connectivity index (χ4v) is 3.93. The molecular weight excluding hydrogens is 598 g/mol. The molecule has 0 saturated carbocycles. The van der Waals surface area contributed by atoms with Gasteiger partial charge in [0, 0.05) is 6.42 Å². The summed E-state index contributed by atoms with van der Waals surface area (Å²) in [4.78, 5) is 98.5. The average Bonchev–Trinajstić information content (AvgIpc) is 2.89. The van der Waals surface area contributed by atoms with Crippen molar-refractivity contribution in [3.63, 3.8) is 0 Å². The molecule has 12 N–H and O–H groups in total. The van der Waals surface area contributed by atoms with Gasteiger partial charge in [-0.2, -0.15) is 0 Å². The number of carboxylic acids is 2. The SMILES string of the molecule is CC(C)C[C@H](N)C(=O)N[C@H](C(=O)N[C@@H](CC(=O)O)C(=O)N[C@@H](CCC(N)=O)C(=O)N[C@@H](C)C(=O)N[C@H](C(=O)O)[C@@H](C)O)C(C)C. The van der Waals surface area contributed by atoms with Crippen LogP contribution in [0.1, 0.15) is 67.2 Å². The normalized spacial score (nSPS) is 15.8. The summed E-state index contributed by atoms with van der Waals surface area (Å²) in [6.45, 7) is 9.23. The quantitative estimate of drug-likeness (QED) is 0.0621. The Bertz CT molecular complexity index is 1100. The number of amides is 6. The Morgan fingerprint density at radius 2 is 1.18 bits per heavy atom. The summed E-state index contributed by atoms with van der Waals surface area (Å²) in [5, 5.41) is 39.4. The van der Waals surface area contributed by atoms with Crippen LogP contribution in [-0.4, -0.2) is 105 Å². The maximum absolute atomic E-state index is 13.2. The molecule has 18 nitrogen and oxygen atoms in total. The molecule has 0 aliphatic rings. The second-order valence-electron chi connectivity index (χ2n) is 11.5. The summed E-state index contributed by atoms with van der Waals surface area (Å²) in [6, 6.07) is -8.51. The van der Waals surface area contributed by atoms with Crippen molar-refractivity contribution in [2.75, 3.05) is 0 Å². The molecule has 45 heavy (non-hydrogen) atoms. The van der Waals surface area contributed by atoms with Gasteiger partial charge >= 0.3 is 11.9 Å². The Kier molecular flexibility index (Phi) is 17.3. The van der Waals surface area contributed by atoms with Gasteiger partial charge in [-0.15, -0.1) is 0 Å². The van der Waals surface area contributed by atoms with Crippen molar-refractivity contribution in [2.24, 2.45) is 23.3 Å². The highest BCUT2D eigenvalue weighted by molar-refractivity contribution is 5.97. The second kappa shape index (κ2) is 19.1. The van der Waals surface area contributed by atoms with Crippen molar-refractivity contribution in [3.05, 3.63) is 0 Å². The first-order chi connectivity index (χ1) is 20.7. The monoisotopic (exact) mass is 645 g/mol. The molecule has 0 fully saturated rings. The topological polar surface area (TPSA) is 309 Å². The van der Waals surface area contributed by atoms with Gasteiger partial charge in [0.2, 0.25) is 35.4 Å². The molecule has 0 aromatic carbocycles. The van der Waals surface area contributed by atoms with Crippen molar-refractivity contribution in [1.29, 1.82) is 0 Å². The molecule has 0 saturated heterocycles. The molecule has 0 aromatic heterocycles. The third-order valence-corrected chi connectivity index (χ3v) is 6.43. The van der Waals surface area contributed by atoms with Crippen LogP contribution in [0.5, 0.6) is 0 Å². The van der Waals surface area contributed by atoms with E-state index in [1.807, 2.05) is 19.2 Å². The van der Waals surface area contributed by atoms with Gasteiger partial charge in [-0.05, 0) is 38.5 Å². The molecular formula is C27H47N7O11. The third kappa shape index (κ3) is 15.3. The number of rotatable bonds is 20. The zero-order valence-electron chi connectivity index (χ0n) is 26.3. The van der Waals surface area contributed by atoms with Crippen molar-refractivity contribution in [1.82, 2.24) is 26.6 Å². The van der Waals surface area contributed by atoms with Crippen LogP contribution in [0.25, 0.3) is 0 Å². The molecule has 7 atom stereocenters. The standard InChI is InChI=1S/C27H47N7O11/c1-11(2)9-15(28)23(40)33-20(12(3)4)26(43)32-17(10-19(37)38)25(42)31-16(7-8-18(29)36)24(41)30-13(5)22(39)34-21(14(6)35)27(44)45/h11-17,20-21,35H,7-10,28H2,1-6H3,(H2,29,36)(H,30,41)(H,31,42)(H,32,43)(H,33,40)(H,34,39)(H,37,38)(H,44,45)/t13-,14+,15-,16-,17-,20-,21-/m0/s1. The number of aliphatic hydroxyl groups excluding tert-OH is 1. The summed E-state index contributed by atoms with van der Waals surface area (Å²) >= 11 is 0. The predicted octanol–water partition coefficient (Wildman–Crippen LogP) is -3.33. The molecule has 0 aliphatic carbocycles. The van der Waals surface area contributed by atoms with Crippen LogP contribution in [0.4, 0.5) is 0 Å². The summed E-state index contributed by atoms with van der Waals surface area (Å²) in [5.41, 5.74) is 11.1. The van der Waals surface area contributed by atoms with Crippen molar-refractivity contribution >= 4 is 47.4 Å². The minimum atomic E-state index is -1.75. The zero-order valence-corrected chi connectivity index (χ0v) is 26.3. The molecule has 0 heterocycles. The number of nitrogens with one attached hydrogen (secondary N) is 5. The largest absolute Gasteiger partial charge is 0.481 e. The summed E-state index contributed by atoms with van der Waals surface area (Å²) < 4.78 is 0. The van der Waals surface area contributed by atoms with E-state index in [1.54, 1.807) is 13.8 Å². The number of aliphatic hydroxyl groups is 1. The fourth-order valence-electron chi connectivity index (χ4n) is 3.93. The number of aliphatic carboxylic acids is 2. The molecule has 0 unspecified atom stereocenters. The van der Waals surface area contributed by atoms with Crippen LogP contribution in [-0.2, 0) is 38.4 Å². The summed E-state index contributed by atoms with van der Waals surface area (Å²) in [6.07, 6.45) is -2.88. The number of hydrogen-bond donors (Lipinski definition) is 10.